The van der Waals surface area contributed by atoms with Crippen LogP contribution in [0.4, 0.5) is 0 Å². The van der Waals surface area contributed by atoms with Crippen LogP contribution < -0.4 is 0 Å². The molecule has 0 aromatic carbocycles. The minimum absolute atomic E-state index is 0.256. The quantitative estimate of drug-likeness (QED) is 0.404. The molecule has 0 heterocycles. The molecule has 0 aromatic rings. The van der Waals surface area contributed by atoms with Gasteiger partial charge in [-0.3, -0.25) is 4.90 Å². The maximum Gasteiger partial charge on any atom is 0.0897 e. The zero-order valence-corrected chi connectivity index (χ0v) is 8.80. The van der Waals surface area contributed by atoms with Gasteiger partial charge in [-0.1, -0.05) is 0 Å². The predicted octanol–water partition coefficient (Wildman–Crippen LogP) is -1.60. The van der Waals surface area contributed by atoms with E-state index in [1.54, 1.807) is 18.7 Å². The highest BCUT2D eigenvalue weighted by Crippen LogP contribution is 1.97. The molecule has 86 valence electrons. The molecule has 5 heteroatoms. The van der Waals surface area contributed by atoms with Crippen LogP contribution in [0, 0.1) is 0 Å². The van der Waals surface area contributed by atoms with Crippen LogP contribution in [-0.4, -0.2) is 69.9 Å². The highest BCUT2D eigenvalue weighted by atomic mass is 16.3. The van der Waals surface area contributed by atoms with Crippen LogP contribution in [0.3, 0.4) is 0 Å². The van der Waals surface area contributed by atoms with Crippen LogP contribution in [0.1, 0.15) is 13.8 Å². The summed E-state index contributed by atoms with van der Waals surface area (Å²) in [5.74, 6) is 0. The lowest BCUT2D eigenvalue weighted by Gasteiger charge is -2.26. The zero-order valence-electron chi connectivity index (χ0n) is 8.80. The van der Waals surface area contributed by atoms with Gasteiger partial charge < -0.3 is 20.4 Å². The number of aliphatic hydroxyl groups is 4. The molecule has 0 spiro atoms. The van der Waals surface area contributed by atoms with Gasteiger partial charge in [0.2, 0.25) is 0 Å². The van der Waals surface area contributed by atoms with Crippen molar-refractivity contribution in [1.82, 2.24) is 4.90 Å². The maximum absolute atomic E-state index is 9.20. The highest BCUT2D eigenvalue weighted by molar-refractivity contribution is 4.68. The van der Waals surface area contributed by atoms with Gasteiger partial charge in [0.1, 0.15) is 0 Å². The number of nitrogens with zero attached hydrogens (tertiary/aromatic N) is 1. The average Bonchev–Trinajstić information content (AvgIpc) is 2.01. The lowest BCUT2D eigenvalue weighted by atomic mass is 10.2. The summed E-state index contributed by atoms with van der Waals surface area (Å²) >= 11 is 0. The first-order valence-electron chi connectivity index (χ1n) is 4.83. The number of aliphatic hydroxyl groups excluding tert-OH is 4. The van der Waals surface area contributed by atoms with Crippen molar-refractivity contribution in [2.45, 2.75) is 32.2 Å². The van der Waals surface area contributed by atoms with E-state index in [2.05, 4.69) is 0 Å². The van der Waals surface area contributed by atoms with Gasteiger partial charge in [-0.05, 0) is 13.8 Å². The second-order valence-corrected chi connectivity index (χ2v) is 3.75. The van der Waals surface area contributed by atoms with Crippen molar-refractivity contribution in [1.29, 1.82) is 0 Å². The molecular formula is C9H21NO4. The summed E-state index contributed by atoms with van der Waals surface area (Å²) in [4.78, 5) is 1.72. The number of hydrogen-bond donors (Lipinski definition) is 4. The van der Waals surface area contributed by atoms with Crippen LogP contribution in [0.5, 0.6) is 0 Å². The fraction of sp³-hybridized carbons (Fsp3) is 1.00. The van der Waals surface area contributed by atoms with Crippen LogP contribution >= 0.6 is 0 Å². The predicted molar refractivity (Wildman–Crippen MR) is 52.9 cm³/mol. The van der Waals surface area contributed by atoms with E-state index in [4.69, 9.17) is 15.3 Å². The summed E-state index contributed by atoms with van der Waals surface area (Å²) in [6.45, 7) is 3.98. The van der Waals surface area contributed by atoms with E-state index in [1.165, 1.54) is 0 Å². The van der Waals surface area contributed by atoms with Gasteiger partial charge >= 0.3 is 0 Å². The Balaban J connectivity index is 3.96. The molecule has 0 aliphatic carbocycles. The fourth-order valence-corrected chi connectivity index (χ4v) is 1.33. The molecule has 0 radical (unpaired) electrons. The summed E-state index contributed by atoms with van der Waals surface area (Å²) in [6, 6.07) is 0. The number of hydrogen-bond acceptors (Lipinski definition) is 5. The first-order chi connectivity index (χ1) is 6.45. The van der Waals surface area contributed by atoms with Crippen molar-refractivity contribution >= 4 is 0 Å². The Kier molecular flexibility index (Phi) is 7.04. The monoisotopic (exact) mass is 207 g/mol. The Bertz CT molecular complexity index is 131. The Hall–Kier alpha value is -0.200. The van der Waals surface area contributed by atoms with E-state index in [1.807, 2.05) is 0 Å². The molecule has 0 aliphatic heterocycles. The Morgan fingerprint density at radius 1 is 0.929 bits per heavy atom. The van der Waals surface area contributed by atoms with Crippen molar-refractivity contribution in [2.24, 2.45) is 0 Å². The van der Waals surface area contributed by atoms with Crippen LogP contribution in [0.2, 0.25) is 0 Å². The Morgan fingerprint density at radius 3 is 1.64 bits per heavy atom. The molecule has 0 fully saturated rings. The normalized spacial score (nSPS) is 18.2. The summed E-state index contributed by atoms with van der Waals surface area (Å²) in [5, 5.41) is 36.2. The van der Waals surface area contributed by atoms with Gasteiger partial charge in [-0.15, -0.1) is 0 Å². The second-order valence-electron chi connectivity index (χ2n) is 3.75. The van der Waals surface area contributed by atoms with Crippen LogP contribution in [-0.2, 0) is 0 Å². The fourth-order valence-electron chi connectivity index (χ4n) is 1.33. The molecule has 5 nitrogen and oxygen atoms in total. The van der Waals surface area contributed by atoms with Crippen molar-refractivity contribution in [3.8, 4) is 0 Å². The molecule has 0 saturated heterocycles. The van der Waals surface area contributed by atoms with Gasteiger partial charge in [-0.25, -0.2) is 0 Å². The van der Waals surface area contributed by atoms with Crippen molar-refractivity contribution in [3.63, 3.8) is 0 Å². The molecule has 0 amide bonds. The van der Waals surface area contributed by atoms with Gasteiger partial charge in [0.15, 0.2) is 0 Å². The van der Waals surface area contributed by atoms with E-state index >= 15 is 0 Å². The van der Waals surface area contributed by atoms with Gasteiger partial charge in [0, 0.05) is 19.6 Å². The molecule has 0 rings (SSSR count). The smallest absolute Gasteiger partial charge is 0.0897 e. The number of rotatable bonds is 7. The molecule has 14 heavy (non-hydrogen) atoms. The van der Waals surface area contributed by atoms with Gasteiger partial charge in [0.25, 0.3) is 0 Å². The highest BCUT2D eigenvalue weighted by Gasteiger charge is 2.14. The third-order valence-electron chi connectivity index (χ3n) is 1.72. The second kappa shape index (κ2) is 7.14. The standard InChI is InChI=1S/C9H21NO4/c1-7(12)3-10(4-8(2)13)5-9(14)6-11/h7-9,11-14H,3-6H2,1-2H3. The molecule has 0 aliphatic rings. The third-order valence-corrected chi connectivity index (χ3v) is 1.72. The lowest BCUT2D eigenvalue weighted by molar-refractivity contribution is 0.0252. The Labute approximate surface area is 84.6 Å². The van der Waals surface area contributed by atoms with Crippen LogP contribution in [0.15, 0.2) is 0 Å². The van der Waals surface area contributed by atoms with E-state index in [0.717, 1.165) is 0 Å². The van der Waals surface area contributed by atoms with E-state index < -0.39 is 18.3 Å². The molecule has 0 bridgehead atoms. The third kappa shape index (κ3) is 7.23. The summed E-state index contributed by atoms with van der Waals surface area (Å²) in [6.07, 6.45) is -1.85. The lowest BCUT2D eigenvalue weighted by Crippen LogP contribution is -2.41. The van der Waals surface area contributed by atoms with E-state index in [9.17, 15) is 5.11 Å². The van der Waals surface area contributed by atoms with Crippen molar-refractivity contribution in [2.75, 3.05) is 26.2 Å². The Morgan fingerprint density at radius 2 is 1.36 bits per heavy atom. The summed E-state index contributed by atoms with van der Waals surface area (Å²) < 4.78 is 0. The molecule has 4 N–H and O–H groups in total. The molecule has 3 atom stereocenters. The van der Waals surface area contributed by atoms with Crippen molar-refractivity contribution in [3.05, 3.63) is 0 Å². The first-order valence-corrected chi connectivity index (χ1v) is 4.83. The summed E-state index contributed by atoms with van der Waals surface area (Å²) in [7, 11) is 0. The van der Waals surface area contributed by atoms with E-state index in [0.29, 0.717) is 13.1 Å². The van der Waals surface area contributed by atoms with Gasteiger partial charge in [-0.2, -0.15) is 0 Å². The SMILES string of the molecule is CC(O)CN(CC(C)O)CC(O)CO. The van der Waals surface area contributed by atoms with Gasteiger partial charge in [0.05, 0.1) is 24.9 Å². The maximum atomic E-state index is 9.20. The molecule has 3 unspecified atom stereocenters. The first kappa shape index (κ1) is 13.8. The van der Waals surface area contributed by atoms with Crippen LogP contribution in [0.25, 0.3) is 0 Å². The average molecular weight is 207 g/mol. The molecule has 0 saturated carbocycles. The molecule has 0 aromatic heterocycles. The minimum atomic E-state index is -0.826. The topological polar surface area (TPSA) is 84.2 Å². The largest absolute Gasteiger partial charge is 0.394 e. The summed E-state index contributed by atoms with van der Waals surface area (Å²) in [5.41, 5.74) is 0. The molecular weight excluding hydrogens is 186 g/mol. The van der Waals surface area contributed by atoms with E-state index in [-0.39, 0.29) is 13.2 Å². The zero-order chi connectivity index (χ0) is 11.1. The minimum Gasteiger partial charge on any atom is -0.394 e. The van der Waals surface area contributed by atoms with Crippen molar-refractivity contribution < 1.29 is 20.4 Å².